The molecule has 0 fully saturated rings. The SMILES string of the molecule is CCCOS(C)=S. The van der Waals surface area contributed by atoms with Crippen LogP contribution in [0.4, 0.5) is 0 Å². The molecule has 0 bridgehead atoms. The molecular weight excluding hydrogens is 128 g/mol. The van der Waals surface area contributed by atoms with Gasteiger partial charge in [0.05, 0.1) is 6.61 Å². The normalized spacial score (nSPS) is 14.0. The average Bonchev–Trinajstić information content (AvgIpc) is 1.61. The zero-order valence-electron chi connectivity index (χ0n) is 4.64. The number of hydrogen-bond acceptors (Lipinski definition) is 2. The summed E-state index contributed by atoms with van der Waals surface area (Å²) in [6.45, 7) is 2.88. The van der Waals surface area contributed by atoms with E-state index in [1.807, 2.05) is 6.26 Å². The molecular formula is C4H10OS2. The fraction of sp³-hybridized carbons (Fsp3) is 1.00. The first-order chi connectivity index (χ1) is 3.27. The van der Waals surface area contributed by atoms with E-state index >= 15 is 0 Å². The Labute approximate surface area is 51.9 Å². The molecule has 1 atom stereocenters. The summed E-state index contributed by atoms with van der Waals surface area (Å²) in [6, 6.07) is 0. The van der Waals surface area contributed by atoms with Gasteiger partial charge in [0.1, 0.15) is 0 Å². The van der Waals surface area contributed by atoms with Gasteiger partial charge in [-0.05, 0) is 17.6 Å². The summed E-state index contributed by atoms with van der Waals surface area (Å²) < 4.78 is 5.03. The van der Waals surface area contributed by atoms with Gasteiger partial charge in [-0.25, -0.2) is 0 Å². The second-order valence-corrected chi connectivity index (χ2v) is 3.67. The summed E-state index contributed by atoms with van der Waals surface area (Å²) in [7, 11) is -0.232. The van der Waals surface area contributed by atoms with Crippen LogP contribution in [0.2, 0.25) is 0 Å². The second kappa shape index (κ2) is 4.68. The highest BCUT2D eigenvalue weighted by Crippen LogP contribution is 1.82. The highest BCUT2D eigenvalue weighted by molar-refractivity contribution is 8.25. The molecule has 1 nitrogen and oxygen atoms in total. The highest BCUT2D eigenvalue weighted by Gasteiger charge is 1.79. The molecule has 0 rings (SSSR count). The molecule has 0 N–H and O–H groups in total. The van der Waals surface area contributed by atoms with Crippen LogP contribution in [0.25, 0.3) is 0 Å². The Balaban J connectivity index is 2.82. The Bertz CT molecular complexity index is 62.7. The summed E-state index contributed by atoms with van der Waals surface area (Å²) >= 11 is 4.75. The van der Waals surface area contributed by atoms with Crippen molar-refractivity contribution >= 4 is 20.9 Å². The monoisotopic (exact) mass is 138 g/mol. The van der Waals surface area contributed by atoms with Crippen LogP contribution in [-0.4, -0.2) is 12.9 Å². The molecule has 0 aliphatic carbocycles. The average molecular weight is 138 g/mol. The predicted octanol–water partition coefficient (Wildman–Crippen LogP) is 1.04. The maximum Gasteiger partial charge on any atom is 0.0614 e. The van der Waals surface area contributed by atoms with Crippen molar-refractivity contribution in [3.8, 4) is 0 Å². The minimum atomic E-state index is -0.232. The van der Waals surface area contributed by atoms with E-state index in [0.717, 1.165) is 13.0 Å². The van der Waals surface area contributed by atoms with E-state index in [1.54, 1.807) is 0 Å². The minimum Gasteiger partial charge on any atom is -0.313 e. The van der Waals surface area contributed by atoms with Gasteiger partial charge >= 0.3 is 0 Å². The lowest BCUT2D eigenvalue weighted by molar-refractivity contribution is 0.371. The maximum atomic E-state index is 5.03. The molecule has 0 radical (unpaired) electrons. The molecule has 7 heavy (non-hydrogen) atoms. The molecule has 0 aliphatic heterocycles. The van der Waals surface area contributed by atoms with E-state index in [-0.39, 0.29) is 9.74 Å². The van der Waals surface area contributed by atoms with Crippen molar-refractivity contribution in [3.63, 3.8) is 0 Å². The molecule has 0 aromatic rings. The molecule has 0 aromatic carbocycles. The molecule has 0 amide bonds. The topological polar surface area (TPSA) is 9.23 Å². The molecule has 0 saturated carbocycles. The smallest absolute Gasteiger partial charge is 0.0614 e. The van der Waals surface area contributed by atoms with Gasteiger partial charge in [-0.15, -0.1) is 0 Å². The lowest BCUT2D eigenvalue weighted by Crippen LogP contribution is -1.92. The fourth-order valence-corrected chi connectivity index (χ4v) is 0.806. The lowest BCUT2D eigenvalue weighted by atomic mass is 10.5. The van der Waals surface area contributed by atoms with Gasteiger partial charge in [0.15, 0.2) is 0 Å². The van der Waals surface area contributed by atoms with E-state index < -0.39 is 0 Å². The van der Waals surface area contributed by atoms with Crippen LogP contribution < -0.4 is 0 Å². The Morgan fingerprint density at radius 1 is 1.71 bits per heavy atom. The third kappa shape index (κ3) is 6.53. The second-order valence-electron chi connectivity index (χ2n) is 1.22. The van der Waals surface area contributed by atoms with Crippen LogP contribution in [0.15, 0.2) is 0 Å². The molecule has 0 spiro atoms. The van der Waals surface area contributed by atoms with Gasteiger partial charge in [-0.3, -0.25) is 0 Å². The van der Waals surface area contributed by atoms with Crippen molar-refractivity contribution in [2.24, 2.45) is 0 Å². The predicted molar refractivity (Wildman–Crippen MR) is 36.9 cm³/mol. The summed E-state index contributed by atoms with van der Waals surface area (Å²) in [5.41, 5.74) is 0. The van der Waals surface area contributed by atoms with Crippen LogP contribution in [0, 0.1) is 0 Å². The summed E-state index contributed by atoms with van der Waals surface area (Å²) in [6.07, 6.45) is 2.96. The van der Waals surface area contributed by atoms with Crippen molar-refractivity contribution in [1.82, 2.24) is 0 Å². The third-order valence-corrected chi connectivity index (χ3v) is 1.24. The van der Waals surface area contributed by atoms with Crippen LogP contribution in [-0.2, 0) is 25.1 Å². The van der Waals surface area contributed by atoms with E-state index in [0.29, 0.717) is 0 Å². The summed E-state index contributed by atoms with van der Waals surface area (Å²) in [4.78, 5) is 0. The quantitative estimate of drug-likeness (QED) is 0.576. The van der Waals surface area contributed by atoms with E-state index in [4.69, 9.17) is 15.4 Å². The Morgan fingerprint density at radius 2 is 2.29 bits per heavy atom. The molecule has 0 aromatic heterocycles. The highest BCUT2D eigenvalue weighted by atomic mass is 32.8. The van der Waals surface area contributed by atoms with Crippen LogP contribution in [0.1, 0.15) is 13.3 Å². The van der Waals surface area contributed by atoms with Gasteiger partial charge in [0, 0.05) is 16.0 Å². The van der Waals surface area contributed by atoms with Crippen LogP contribution >= 0.6 is 0 Å². The molecule has 3 heteroatoms. The van der Waals surface area contributed by atoms with Gasteiger partial charge in [0.25, 0.3) is 0 Å². The molecule has 0 heterocycles. The Morgan fingerprint density at radius 3 is 2.43 bits per heavy atom. The number of rotatable bonds is 3. The fourth-order valence-electron chi connectivity index (χ4n) is 0.201. The van der Waals surface area contributed by atoms with Gasteiger partial charge in [0.2, 0.25) is 0 Å². The Kier molecular flexibility index (Phi) is 5.04. The van der Waals surface area contributed by atoms with Crippen molar-refractivity contribution in [2.45, 2.75) is 13.3 Å². The third-order valence-electron chi connectivity index (χ3n) is 0.453. The van der Waals surface area contributed by atoms with Crippen LogP contribution in [0.5, 0.6) is 0 Å². The zero-order chi connectivity index (χ0) is 5.70. The number of hydrogen-bond donors (Lipinski definition) is 0. The summed E-state index contributed by atoms with van der Waals surface area (Å²) in [5.74, 6) is 0. The van der Waals surface area contributed by atoms with E-state index in [2.05, 4.69) is 6.92 Å². The maximum absolute atomic E-state index is 5.03. The van der Waals surface area contributed by atoms with Gasteiger partial charge in [-0.1, -0.05) is 6.92 Å². The first-order valence-electron chi connectivity index (χ1n) is 2.24. The van der Waals surface area contributed by atoms with E-state index in [9.17, 15) is 0 Å². The van der Waals surface area contributed by atoms with Crippen LogP contribution in [0.3, 0.4) is 0 Å². The molecule has 0 saturated heterocycles. The standard InChI is InChI=1S/C4H10OS2/c1-3-4-5-7(2)6/h3-4H2,1-2H3. The summed E-state index contributed by atoms with van der Waals surface area (Å²) in [5, 5.41) is 0. The first kappa shape index (κ1) is 7.53. The zero-order valence-corrected chi connectivity index (χ0v) is 6.27. The van der Waals surface area contributed by atoms with Gasteiger partial charge < -0.3 is 4.18 Å². The first-order valence-corrected chi connectivity index (χ1v) is 4.72. The van der Waals surface area contributed by atoms with Crippen molar-refractivity contribution in [3.05, 3.63) is 0 Å². The molecule has 44 valence electrons. The molecule has 0 aliphatic rings. The lowest BCUT2D eigenvalue weighted by Gasteiger charge is -1.94. The molecule has 1 unspecified atom stereocenters. The van der Waals surface area contributed by atoms with Gasteiger partial charge in [-0.2, -0.15) is 0 Å². The van der Waals surface area contributed by atoms with Crippen molar-refractivity contribution < 1.29 is 4.18 Å². The van der Waals surface area contributed by atoms with Crippen molar-refractivity contribution in [1.29, 1.82) is 0 Å². The Hall–Kier alpha value is 0.530. The largest absolute Gasteiger partial charge is 0.313 e. The minimum absolute atomic E-state index is 0.232. The van der Waals surface area contributed by atoms with Crippen molar-refractivity contribution in [2.75, 3.05) is 12.9 Å². The van der Waals surface area contributed by atoms with E-state index in [1.165, 1.54) is 0 Å².